The Kier molecular flexibility index (Phi) is 7.01. The first kappa shape index (κ1) is 18.5. The van der Waals surface area contributed by atoms with Crippen molar-refractivity contribution in [2.75, 3.05) is 25.0 Å². The fourth-order valence-corrected chi connectivity index (χ4v) is 2.41. The van der Waals surface area contributed by atoms with Crippen LogP contribution in [0.15, 0.2) is 54.6 Å². The van der Waals surface area contributed by atoms with Crippen LogP contribution in [0.25, 0.3) is 0 Å². The highest BCUT2D eigenvalue weighted by molar-refractivity contribution is 5.90. The topological polar surface area (TPSA) is 58.6 Å². The Morgan fingerprint density at radius 3 is 2.28 bits per heavy atom. The molecular formula is C20H24N2O3. The van der Waals surface area contributed by atoms with Gasteiger partial charge in [-0.15, -0.1) is 0 Å². The number of ether oxygens (including phenoxy) is 1. The number of benzene rings is 2. The Morgan fingerprint density at radius 2 is 1.68 bits per heavy atom. The van der Waals surface area contributed by atoms with Crippen LogP contribution in [-0.4, -0.2) is 36.5 Å². The van der Waals surface area contributed by atoms with Gasteiger partial charge in [0, 0.05) is 18.8 Å². The van der Waals surface area contributed by atoms with Crippen molar-refractivity contribution in [3.8, 4) is 0 Å². The van der Waals surface area contributed by atoms with E-state index >= 15 is 0 Å². The maximum atomic E-state index is 12.4. The minimum atomic E-state index is -0.342. The van der Waals surface area contributed by atoms with Gasteiger partial charge in [0.2, 0.25) is 5.91 Å². The summed E-state index contributed by atoms with van der Waals surface area (Å²) in [6.07, 6.45) is 0. The van der Waals surface area contributed by atoms with Gasteiger partial charge in [0.25, 0.3) is 0 Å². The second-order valence-electron chi connectivity index (χ2n) is 5.54. The molecule has 1 amide bonds. The molecule has 0 fully saturated rings. The van der Waals surface area contributed by atoms with Crippen molar-refractivity contribution in [3.05, 3.63) is 65.7 Å². The summed E-state index contributed by atoms with van der Waals surface area (Å²) in [5.74, 6) is -0.314. The van der Waals surface area contributed by atoms with Crippen molar-refractivity contribution < 1.29 is 14.3 Å². The summed E-state index contributed by atoms with van der Waals surface area (Å²) < 4.78 is 4.95. The largest absolute Gasteiger partial charge is 0.462 e. The zero-order valence-electron chi connectivity index (χ0n) is 14.7. The van der Waals surface area contributed by atoms with E-state index in [1.165, 1.54) is 0 Å². The number of carbonyl (C=O) groups is 2. The summed E-state index contributed by atoms with van der Waals surface area (Å²) >= 11 is 0. The van der Waals surface area contributed by atoms with Crippen LogP contribution in [-0.2, 0) is 16.1 Å². The number of likely N-dealkylation sites (N-methyl/N-ethyl adjacent to an activating group) is 1. The molecule has 2 aromatic rings. The standard InChI is InChI=1S/C20H24N2O3/c1-3-22(15-16-8-6-5-7-9-16)19(23)14-21-18-12-10-17(11-13-18)20(24)25-4-2/h5-13,21H,3-4,14-15H2,1-2H3. The van der Waals surface area contributed by atoms with Gasteiger partial charge < -0.3 is 15.0 Å². The van der Waals surface area contributed by atoms with Crippen LogP contribution in [0.3, 0.4) is 0 Å². The Hall–Kier alpha value is -2.82. The normalized spacial score (nSPS) is 10.2. The summed E-state index contributed by atoms with van der Waals surface area (Å²) in [7, 11) is 0. The lowest BCUT2D eigenvalue weighted by Gasteiger charge is -2.21. The molecule has 0 atom stereocenters. The lowest BCUT2D eigenvalue weighted by atomic mass is 10.2. The number of carbonyl (C=O) groups excluding carboxylic acids is 2. The van der Waals surface area contributed by atoms with Crippen molar-refractivity contribution in [1.82, 2.24) is 4.90 Å². The molecule has 0 saturated carbocycles. The minimum absolute atomic E-state index is 0.0285. The molecule has 0 bridgehead atoms. The van der Waals surface area contributed by atoms with E-state index in [9.17, 15) is 9.59 Å². The second-order valence-corrected chi connectivity index (χ2v) is 5.54. The monoisotopic (exact) mass is 340 g/mol. The van der Waals surface area contributed by atoms with Crippen molar-refractivity contribution in [2.24, 2.45) is 0 Å². The zero-order valence-corrected chi connectivity index (χ0v) is 14.7. The van der Waals surface area contributed by atoms with Crippen LogP contribution in [0, 0.1) is 0 Å². The van der Waals surface area contributed by atoms with E-state index in [2.05, 4.69) is 5.32 Å². The third-order valence-electron chi connectivity index (χ3n) is 3.79. The van der Waals surface area contributed by atoms with E-state index in [1.807, 2.05) is 37.3 Å². The fraction of sp³-hybridized carbons (Fsp3) is 0.300. The van der Waals surface area contributed by atoms with Gasteiger partial charge in [-0.3, -0.25) is 4.79 Å². The van der Waals surface area contributed by atoms with E-state index in [0.29, 0.717) is 25.3 Å². The molecule has 0 unspecified atom stereocenters. The Bertz CT molecular complexity index is 684. The molecule has 0 aliphatic rings. The SMILES string of the molecule is CCOC(=O)c1ccc(NCC(=O)N(CC)Cc2ccccc2)cc1. The molecule has 0 spiro atoms. The minimum Gasteiger partial charge on any atom is -0.462 e. The van der Waals surface area contributed by atoms with Crippen LogP contribution in [0.2, 0.25) is 0 Å². The molecule has 0 aliphatic heterocycles. The summed E-state index contributed by atoms with van der Waals surface area (Å²) in [4.78, 5) is 25.8. The second kappa shape index (κ2) is 9.47. The first-order chi connectivity index (χ1) is 12.1. The number of rotatable bonds is 8. The van der Waals surface area contributed by atoms with Gasteiger partial charge in [0.1, 0.15) is 0 Å². The van der Waals surface area contributed by atoms with Crippen LogP contribution in [0.1, 0.15) is 29.8 Å². The number of hydrogen-bond donors (Lipinski definition) is 1. The van der Waals surface area contributed by atoms with Gasteiger partial charge in [0.05, 0.1) is 18.7 Å². The molecule has 0 saturated heterocycles. The quantitative estimate of drug-likeness (QED) is 0.749. The molecule has 5 heteroatoms. The van der Waals surface area contributed by atoms with Crippen molar-refractivity contribution >= 4 is 17.6 Å². The Balaban J connectivity index is 1.88. The van der Waals surface area contributed by atoms with Gasteiger partial charge in [-0.25, -0.2) is 4.79 Å². The summed E-state index contributed by atoms with van der Waals surface area (Å²) in [6.45, 7) is 5.54. The average Bonchev–Trinajstić information content (AvgIpc) is 2.65. The predicted octanol–water partition coefficient (Wildman–Crippen LogP) is 3.32. The van der Waals surface area contributed by atoms with E-state index in [0.717, 1.165) is 11.3 Å². The van der Waals surface area contributed by atoms with E-state index in [4.69, 9.17) is 4.74 Å². The van der Waals surface area contributed by atoms with Gasteiger partial charge >= 0.3 is 5.97 Å². The van der Waals surface area contributed by atoms with Gasteiger partial charge in [-0.1, -0.05) is 30.3 Å². The molecule has 132 valence electrons. The van der Waals surface area contributed by atoms with Crippen LogP contribution in [0.5, 0.6) is 0 Å². The van der Waals surface area contributed by atoms with Crippen molar-refractivity contribution in [2.45, 2.75) is 20.4 Å². The predicted molar refractivity (Wildman–Crippen MR) is 98.4 cm³/mol. The van der Waals surface area contributed by atoms with Crippen LogP contribution in [0.4, 0.5) is 5.69 Å². The maximum absolute atomic E-state index is 12.4. The highest BCUT2D eigenvalue weighted by Gasteiger charge is 2.12. The molecule has 2 rings (SSSR count). The zero-order chi connectivity index (χ0) is 18.1. The lowest BCUT2D eigenvalue weighted by Crippen LogP contribution is -2.34. The lowest BCUT2D eigenvalue weighted by molar-refractivity contribution is -0.129. The molecule has 0 aliphatic carbocycles. The highest BCUT2D eigenvalue weighted by atomic mass is 16.5. The Labute approximate surface area is 148 Å². The molecule has 2 aromatic carbocycles. The number of hydrogen-bond acceptors (Lipinski definition) is 4. The first-order valence-electron chi connectivity index (χ1n) is 8.46. The number of anilines is 1. The molecule has 1 N–H and O–H groups in total. The van der Waals surface area contributed by atoms with E-state index in [-0.39, 0.29) is 18.4 Å². The number of nitrogens with one attached hydrogen (secondary N) is 1. The van der Waals surface area contributed by atoms with Crippen LogP contribution < -0.4 is 5.32 Å². The third kappa shape index (κ3) is 5.64. The number of nitrogens with zero attached hydrogens (tertiary/aromatic N) is 1. The summed E-state index contributed by atoms with van der Waals surface area (Å²) in [6, 6.07) is 16.8. The number of amides is 1. The molecule has 0 aromatic heterocycles. The van der Waals surface area contributed by atoms with Gasteiger partial charge in [0.15, 0.2) is 0 Å². The average molecular weight is 340 g/mol. The van der Waals surface area contributed by atoms with Crippen molar-refractivity contribution in [3.63, 3.8) is 0 Å². The van der Waals surface area contributed by atoms with Crippen molar-refractivity contribution in [1.29, 1.82) is 0 Å². The summed E-state index contributed by atoms with van der Waals surface area (Å²) in [5.41, 5.74) is 2.40. The number of esters is 1. The molecular weight excluding hydrogens is 316 g/mol. The highest BCUT2D eigenvalue weighted by Crippen LogP contribution is 2.11. The fourth-order valence-electron chi connectivity index (χ4n) is 2.41. The molecule has 5 nitrogen and oxygen atoms in total. The third-order valence-corrected chi connectivity index (χ3v) is 3.79. The Morgan fingerprint density at radius 1 is 1.00 bits per heavy atom. The molecule has 0 heterocycles. The smallest absolute Gasteiger partial charge is 0.338 e. The maximum Gasteiger partial charge on any atom is 0.338 e. The molecule has 25 heavy (non-hydrogen) atoms. The first-order valence-corrected chi connectivity index (χ1v) is 8.46. The molecule has 0 radical (unpaired) electrons. The van der Waals surface area contributed by atoms with Gasteiger partial charge in [-0.05, 0) is 43.7 Å². The van der Waals surface area contributed by atoms with E-state index < -0.39 is 0 Å². The van der Waals surface area contributed by atoms with Gasteiger partial charge in [-0.2, -0.15) is 0 Å². The van der Waals surface area contributed by atoms with Crippen LogP contribution >= 0.6 is 0 Å². The summed E-state index contributed by atoms with van der Waals surface area (Å²) in [5, 5.41) is 3.10. The van der Waals surface area contributed by atoms with E-state index in [1.54, 1.807) is 36.1 Å².